The molecule has 0 aliphatic rings. The summed E-state index contributed by atoms with van der Waals surface area (Å²) < 4.78 is 82.7. The number of fused-ring (bicyclic) bond motifs is 2. The molecule has 0 atom stereocenters. The molecule has 0 aromatic heterocycles. The number of benzene rings is 4. The number of halogens is 6. The van der Waals surface area contributed by atoms with E-state index in [1.807, 2.05) is 0 Å². The van der Waals surface area contributed by atoms with Crippen LogP contribution in [0.4, 0.5) is 26.3 Å². The summed E-state index contributed by atoms with van der Waals surface area (Å²) in [5.74, 6) is -5.24. The van der Waals surface area contributed by atoms with Crippen LogP contribution in [0.5, 0.6) is 0 Å². The number of rotatable bonds is 2. The van der Waals surface area contributed by atoms with Crippen molar-refractivity contribution in [3.63, 3.8) is 0 Å². The van der Waals surface area contributed by atoms with Gasteiger partial charge in [0.2, 0.25) is 0 Å². The Kier molecular flexibility index (Phi) is 4.34. The van der Waals surface area contributed by atoms with Gasteiger partial charge in [0, 0.05) is 33.7 Å². The lowest BCUT2D eigenvalue weighted by molar-refractivity contribution is 0.587. The summed E-state index contributed by atoms with van der Waals surface area (Å²) in [4.78, 5) is 0. The first-order valence-corrected chi connectivity index (χ1v) is 8.16. The van der Waals surface area contributed by atoms with Crippen molar-refractivity contribution in [2.24, 2.45) is 0 Å². The quantitative estimate of drug-likeness (QED) is 0.256. The van der Waals surface area contributed by atoms with Gasteiger partial charge in [0.05, 0.1) is 0 Å². The molecule has 4 aromatic carbocycles. The van der Waals surface area contributed by atoms with E-state index < -0.39 is 34.9 Å². The summed E-state index contributed by atoms with van der Waals surface area (Å²) in [5, 5.41) is -0.606. The highest BCUT2D eigenvalue weighted by Crippen LogP contribution is 2.27. The van der Waals surface area contributed by atoms with E-state index >= 15 is 0 Å². The van der Waals surface area contributed by atoms with Crippen LogP contribution in [-0.2, 0) is 0 Å². The molecule has 0 fully saturated rings. The molecule has 0 saturated carbocycles. The van der Waals surface area contributed by atoms with Crippen molar-refractivity contribution in [1.29, 1.82) is 0 Å². The Morgan fingerprint density at radius 3 is 1.11 bits per heavy atom. The van der Waals surface area contributed by atoms with Gasteiger partial charge in [0.25, 0.3) is 0 Å². The van der Waals surface area contributed by atoms with Crippen LogP contribution < -0.4 is 0 Å². The van der Waals surface area contributed by atoms with Gasteiger partial charge in [-0.1, -0.05) is 12.2 Å². The fourth-order valence-corrected chi connectivity index (χ4v) is 3.11. The molecule has 6 heteroatoms. The van der Waals surface area contributed by atoms with Crippen molar-refractivity contribution in [3.8, 4) is 0 Å². The van der Waals surface area contributed by atoms with E-state index in [-0.39, 0.29) is 32.7 Å². The maximum absolute atomic E-state index is 14.2. The molecular formula is C22H10F6. The minimum absolute atomic E-state index is 0.104. The summed E-state index contributed by atoms with van der Waals surface area (Å²) >= 11 is 0. The van der Waals surface area contributed by atoms with Crippen LogP contribution in [0.1, 0.15) is 11.1 Å². The molecule has 0 amide bonds. The van der Waals surface area contributed by atoms with Gasteiger partial charge in [-0.2, -0.15) is 0 Å². The van der Waals surface area contributed by atoms with Crippen molar-refractivity contribution in [1.82, 2.24) is 0 Å². The van der Waals surface area contributed by atoms with E-state index in [0.29, 0.717) is 12.1 Å². The average molecular weight is 388 g/mol. The van der Waals surface area contributed by atoms with E-state index in [1.165, 1.54) is 24.3 Å². The van der Waals surface area contributed by atoms with E-state index in [4.69, 9.17) is 0 Å². The topological polar surface area (TPSA) is 0 Å². The summed E-state index contributed by atoms with van der Waals surface area (Å²) in [7, 11) is 0. The maximum atomic E-state index is 14.2. The Morgan fingerprint density at radius 2 is 0.714 bits per heavy atom. The van der Waals surface area contributed by atoms with Gasteiger partial charge in [-0.25, -0.2) is 26.3 Å². The molecule has 28 heavy (non-hydrogen) atoms. The normalized spacial score (nSPS) is 11.8. The summed E-state index contributed by atoms with van der Waals surface area (Å²) in [6, 6.07) is 7.86. The molecule has 0 unspecified atom stereocenters. The van der Waals surface area contributed by atoms with E-state index in [9.17, 15) is 26.3 Å². The molecule has 0 spiro atoms. The average Bonchev–Trinajstić information content (AvgIpc) is 2.62. The Balaban J connectivity index is 1.79. The van der Waals surface area contributed by atoms with Crippen LogP contribution in [0.3, 0.4) is 0 Å². The predicted molar refractivity (Wildman–Crippen MR) is 96.6 cm³/mol. The Bertz CT molecular complexity index is 1170. The predicted octanol–water partition coefficient (Wildman–Crippen LogP) is 7.00. The lowest BCUT2D eigenvalue weighted by Crippen LogP contribution is -1.90. The molecule has 140 valence electrons. The van der Waals surface area contributed by atoms with Crippen LogP contribution >= 0.6 is 0 Å². The Hall–Kier alpha value is -3.28. The van der Waals surface area contributed by atoms with E-state index in [2.05, 4.69) is 0 Å². The van der Waals surface area contributed by atoms with Crippen molar-refractivity contribution in [2.75, 3.05) is 0 Å². The Labute approximate surface area is 155 Å². The van der Waals surface area contributed by atoms with Crippen LogP contribution in [0.15, 0.2) is 48.5 Å². The first-order valence-electron chi connectivity index (χ1n) is 8.16. The van der Waals surface area contributed by atoms with Crippen molar-refractivity contribution in [2.45, 2.75) is 0 Å². The molecule has 0 bridgehead atoms. The van der Waals surface area contributed by atoms with Gasteiger partial charge < -0.3 is 0 Å². The highest BCUT2D eigenvalue weighted by atomic mass is 19.2. The fraction of sp³-hybridized carbons (Fsp3) is 0. The van der Waals surface area contributed by atoms with Crippen molar-refractivity contribution >= 4 is 33.7 Å². The molecule has 0 N–H and O–H groups in total. The number of hydrogen-bond donors (Lipinski definition) is 0. The second-order valence-corrected chi connectivity index (χ2v) is 6.30. The molecule has 0 heterocycles. The molecule has 0 aliphatic carbocycles. The van der Waals surface area contributed by atoms with Gasteiger partial charge in [0.15, 0.2) is 0 Å². The van der Waals surface area contributed by atoms with E-state index in [0.717, 1.165) is 24.3 Å². The summed E-state index contributed by atoms with van der Waals surface area (Å²) in [6.07, 6.45) is 2.76. The monoisotopic (exact) mass is 388 g/mol. The molecular weight excluding hydrogens is 378 g/mol. The molecule has 0 nitrogen and oxygen atoms in total. The smallest absolute Gasteiger partial charge is 0.134 e. The maximum Gasteiger partial charge on any atom is 0.134 e. The van der Waals surface area contributed by atoms with Crippen molar-refractivity contribution in [3.05, 3.63) is 94.6 Å². The molecule has 4 aromatic rings. The highest BCUT2D eigenvalue weighted by molar-refractivity contribution is 5.89. The van der Waals surface area contributed by atoms with Gasteiger partial charge in [-0.3, -0.25) is 0 Å². The van der Waals surface area contributed by atoms with Crippen LogP contribution in [0.25, 0.3) is 33.7 Å². The zero-order valence-corrected chi connectivity index (χ0v) is 14.0. The fourth-order valence-electron chi connectivity index (χ4n) is 3.11. The van der Waals surface area contributed by atoms with Gasteiger partial charge in [-0.05, 0) is 47.5 Å². The van der Waals surface area contributed by atoms with Crippen LogP contribution in [0, 0.1) is 34.9 Å². The van der Waals surface area contributed by atoms with Crippen LogP contribution in [0.2, 0.25) is 0 Å². The first kappa shape index (κ1) is 18.1. The molecule has 4 rings (SSSR count). The SMILES string of the molecule is Fc1cc(F)c2cc(/C=C/c3cc(F)c4cc(F)cc(F)c4c3)cc(F)c2c1. The van der Waals surface area contributed by atoms with E-state index in [1.54, 1.807) is 0 Å². The highest BCUT2D eigenvalue weighted by Gasteiger charge is 2.11. The van der Waals surface area contributed by atoms with Crippen LogP contribution in [-0.4, -0.2) is 0 Å². The number of hydrogen-bond acceptors (Lipinski definition) is 0. The third-order valence-corrected chi connectivity index (χ3v) is 4.38. The third-order valence-electron chi connectivity index (χ3n) is 4.38. The minimum Gasteiger partial charge on any atom is -0.207 e. The standard InChI is InChI=1S/C22H10F6/c23-13-7-17-15(21(27)9-13)3-11(5-19(17)25)1-2-12-4-16-18(20(26)6-12)8-14(24)10-22(16)28/h1-10H/b2-1+. The third kappa shape index (κ3) is 3.22. The van der Waals surface area contributed by atoms with Crippen molar-refractivity contribution < 1.29 is 26.3 Å². The lowest BCUT2D eigenvalue weighted by atomic mass is 10.0. The van der Waals surface area contributed by atoms with Gasteiger partial charge in [0.1, 0.15) is 34.9 Å². The minimum atomic E-state index is -0.912. The largest absolute Gasteiger partial charge is 0.207 e. The second-order valence-electron chi connectivity index (χ2n) is 6.30. The molecule has 0 aliphatic heterocycles. The zero-order valence-electron chi connectivity index (χ0n) is 14.0. The Morgan fingerprint density at radius 1 is 0.393 bits per heavy atom. The zero-order chi connectivity index (χ0) is 20.0. The molecule has 0 radical (unpaired) electrons. The summed E-state index contributed by atoms with van der Waals surface area (Å²) in [5.41, 5.74) is 0.492. The lowest BCUT2D eigenvalue weighted by Gasteiger charge is -2.05. The second kappa shape index (κ2) is 6.71. The summed E-state index contributed by atoms with van der Waals surface area (Å²) in [6.45, 7) is 0. The van der Waals surface area contributed by atoms with Gasteiger partial charge in [-0.15, -0.1) is 0 Å². The molecule has 0 saturated heterocycles. The van der Waals surface area contributed by atoms with Gasteiger partial charge >= 0.3 is 0 Å². The first-order chi connectivity index (χ1) is 13.3.